The van der Waals surface area contributed by atoms with Gasteiger partial charge < -0.3 is 15.5 Å². The summed E-state index contributed by atoms with van der Waals surface area (Å²) in [5.74, 6) is -3.22. The standard InChI is InChI=1S/C16H13N3O5/c20-13-7-2-1-4-11(13)9-17-19-15(22)14(21)18-12-6-3-5-10(8-12)16(23)24/h1-9,20H,(H,18,21)(H,19,22)(H,23,24)/b17-9+. The van der Waals surface area contributed by atoms with E-state index in [4.69, 9.17) is 5.11 Å². The molecule has 122 valence electrons. The number of carboxylic acids is 1. The molecule has 0 aromatic heterocycles. The van der Waals surface area contributed by atoms with Gasteiger partial charge in [-0.05, 0) is 30.3 Å². The minimum absolute atomic E-state index is 0.0224. The second-order valence-corrected chi connectivity index (χ2v) is 4.60. The van der Waals surface area contributed by atoms with Gasteiger partial charge >= 0.3 is 17.8 Å². The van der Waals surface area contributed by atoms with Crippen LogP contribution < -0.4 is 10.7 Å². The van der Waals surface area contributed by atoms with Crippen LogP contribution in [0.4, 0.5) is 5.69 Å². The molecule has 2 aromatic carbocycles. The number of amides is 2. The quantitative estimate of drug-likeness (QED) is 0.381. The fraction of sp³-hybridized carbons (Fsp3) is 0. The Morgan fingerprint density at radius 2 is 1.75 bits per heavy atom. The largest absolute Gasteiger partial charge is 0.507 e. The van der Waals surface area contributed by atoms with E-state index in [9.17, 15) is 19.5 Å². The van der Waals surface area contributed by atoms with Gasteiger partial charge in [-0.15, -0.1) is 0 Å². The van der Waals surface area contributed by atoms with E-state index in [1.165, 1.54) is 36.5 Å². The number of benzene rings is 2. The predicted molar refractivity (Wildman–Crippen MR) is 85.9 cm³/mol. The van der Waals surface area contributed by atoms with Crippen molar-refractivity contribution in [2.75, 3.05) is 5.32 Å². The molecule has 0 atom stereocenters. The number of hydrazone groups is 1. The minimum atomic E-state index is -1.15. The maximum atomic E-state index is 11.7. The van der Waals surface area contributed by atoms with E-state index in [2.05, 4.69) is 10.4 Å². The lowest BCUT2D eigenvalue weighted by Gasteiger charge is -2.04. The van der Waals surface area contributed by atoms with Gasteiger partial charge in [0.15, 0.2) is 0 Å². The highest BCUT2D eigenvalue weighted by molar-refractivity contribution is 6.39. The highest BCUT2D eigenvalue weighted by atomic mass is 16.4. The highest BCUT2D eigenvalue weighted by Crippen LogP contribution is 2.12. The van der Waals surface area contributed by atoms with E-state index < -0.39 is 17.8 Å². The van der Waals surface area contributed by atoms with Gasteiger partial charge in [-0.25, -0.2) is 10.2 Å². The van der Waals surface area contributed by atoms with E-state index in [0.717, 1.165) is 0 Å². The zero-order chi connectivity index (χ0) is 17.5. The Morgan fingerprint density at radius 1 is 1.00 bits per heavy atom. The average Bonchev–Trinajstić information content (AvgIpc) is 2.56. The molecule has 0 fully saturated rings. The SMILES string of the molecule is O=C(N/N=C/c1ccccc1O)C(=O)Nc1cccc(C(=O)O)c1. The van der Waals surface area contributed by atoms with Crippen molar-refractivity contribution in [3.05, 3.63) is 59.7 Å². The molecule has 0 aliphatic carbocycles. The van der Waals surface area contributed by atoms with Crippen molar-refractivity contribution < 1.29 is 24.6 Å². The lowest BCUT2D eigenvalue weighted by Crippen LogP contribution is -2.32. The Bertz CT molecular complexity index is 817. The summed E-state index contributed by atoms with van der Waals surface area (Å²) in [6.07, 6.45) is 1.19. The van der Waals surface area contributed by atoms with E-state index in [1.54, 1.807) is 18.2 Å². The molecule has 0 radical (unpaired) electrons. The van der Waals surface area contributed by atoms with Crippen LogP contribution in [-0.2, 0) is 9.59 Å². The molecular weight excluding hydrogens is 314 g/mol. The third-order valence-electron chi connectivity index (χ3n) is 2.88. The first-order valence-corrected chi connectivity index (χ1v) is 6.73. The number of aromatic hydroxyl groups is 1. The molecule has 4 N–H and O–H groups in total. The maximum absolute atomic E-state index is 11.7. The van der Waals surface area contributed by atoms with Crippen molar-refractivity contribution in [2.24, 2.45) is 5.10 Å². The summed E-state index contributed by atoms with van der Waals surface area (Å²) in [7, 11) is 0. The molecule has 2 aromatic rings. The molecule has 0 spiro atoms. The van der Waals surface area contributed by atoms with Gasteiger partial charge in [-0.1, -0.05) is 18.2 Å². The molecule has 0 aliphatic heterocycles. The first-order valence-electron chi connectivity index (χ1n) is 6.73. The number of carbonyl (C=O) groups excluding carboxylic acids is 2. The molecule has 24 heavy (non-hydrogen) atoms. The van der Waals surface area contributed by atoms with Crippen molar-refractivity contribution in [3.63, 3.8) is 0 Å². The normalized spacial score (nSPS) is 10.3. The molecule has 8 nitrogen and oxygen atoms in total. The third kappa shape index (κ3) is 4.41. The van der Waals surface area contributed by atoms with Gasteiger partial charge in [0.25, 0.3) is 0 Å². The molecule has 0 unspecified atom stereocenters. The number of phenols is 1. The van der Waals surface area contributed by atoms with Gasteiger partial charge in [0.1, 0.15) is 5.75 Å². The monoisotopic (exact) mass is 327 g/mol. The summed E-state index contributed by atoms with van der Waals surface area (Å²) in [6, 6.07) is 11.8. The Balaban J connectivity index is 1.95. The number of nitrogens with one attached hydrogen (secondary N) is 2. The Kier molecular flexibility index (Phi) is 5.24. The fourth-order valence-corrected chi connectivity index (χ4v) is 1.73. The lowest BCUT2D eigenvalue weighted by atomic mass is 10.2. The number of carboxylic acid groups (broad SMARTS) is 1. The van der Waals surface area contributed by atoms with E-state index >= 15 is 0 Å². The number of hydrogen-bond donors (Lipinski definition) is 4. The van der Waals surface area contributed by atoms with Gasteiger partial charge in [-0.2, -0.15) is 5.10 Å². The van der Waals surface area contributed by atoms with Crippen LogP contribution in [-0.4, -0.2) is 34.2 Å². The molecule has 0 aliphatic rings. The second-order valence-electron chi connectivity index (χ2n) is 4.60. The number of carbonyl (C=O) groups is 3. The predicted octanol–water partition coefficient (Wildman–Crippen LogP) is 1.18. The van der Waals surface area contributed by atoms with Gasteiger partial charge in [0.2, 0.25) is 0 Å². The Hall–Kier alpha value is -3.68. The van der Waals surface area contributed by atoms with Crippen molar-refractivity contribution >= 4 is 29.7 Å². The summed E-state index contributed by atoms with van der Waals surface area (Å²) in [5, 5.41) is 24.2. The summed E-state index contributed by atoms with van der Waals surface area (Å²) in [6.45, 7) is 0. The van der Waals surface area contributed by atoms with Crippen LogP contribution in [0.1, 0.15) is 15.9 Å². The van der Waals surface area contributed by atoms with Crippen molar-refractivity contribution in [2.45, 2.75) is 0 Å². The third-order valence-corrected chi connectivity index (χ3v) is 2.88. The highest BCUT2D eigenvalue weighted by Gasteiger charge is 2.13. The van der Waals surface area contributed by atoms with Crippen LogP contribution in [0, 0.1) is 0 Å². The Labute approximate surface area is 136 Å². The summed E-state index contributed by atoms with van der Waals surface area (Å²) >= 11 is 0. The van der Waals surface area contributed by atoms with Crippen molar-refractivity contribution in [1.82, 2.24) is 5.43 Å². The lowest BCUT2D eigenvalue weighted by molar-refractivity contribution is -0.136. The van der Waals surface area contributed by atoms with Crippen molar-refractivity contribution in [1.29, 1.82) is 0 Å². The molecule has 0 bridgehead atoms. The van der Waals surface area contributed by atoms with Crippen LogP contribution >= 0.6 is 0 Å². The van der Waals surface area contributed by atoms with Gasteiger partial charge in [0, 0.05) is 11.3 Å². The average molecular weight is 327 g/mol. The molecule has 0 heterocycles. The van der Waals surface area contributed by atoms with E-state index in [0.29, 0.717) is 5.56 Å². The molecule has 2 rings (SSSR count). The summed E-state index contributed by atoms with van der Waals surface area (Å²) in [4.78, 5) is 34.2. The van der Waals surface area contributed by atoms with Gasteiger partial charge in [-0.3, -0.25) is 9.59 Å². The molecule has 0 saturated carbocycles. The zero-order valence-corrected chi connectivity index (χ0v) is 12.3. The molecule has 2 amide bonds. The fourth-order valence-electron chi connectivity index (χ4n) is 1.73. The van der Waals surface area contributed by atoms with Crippen LogP contribution in [0.2, 0.25) is 0 Å². The maximum Gasteiger partial charge on any atom is 0.335 e. The number of rotatable bonds is 4. The molecule has 0 saturated heterocycles. The topological polar surface area (TPSA) is 128 Å². The molecule has 8 heteroatoms. The van der Waals surface area contributed by atoms with E-state index in [1.807, 2.05) is 5.43 Å². The van der Waals surface area contributed by atoms with Crippen LogP contribution in [0.25, 0.3) is 0 Å². The van der Waals surface area contributed by atoms with Crippen LogP contribution in [0.15, 0.2) is 53.6 Å². The Morgan fingerprint density at radius 3 is 2.46 bits per heavy atom. The first kappa shape index (κ1) is 16.7. The second kappa shape index (κ2) is 7.54. The molecular formula is C16H13N3O5. The summed E-state index contributed by atoms with van der Waals surface area (Å²) < 4.78 is 0. The van der Waals surface area contributed by atoms with E-state index in [-0.39, 0.29) is 17.0 Å². The smallest absolute Gasteiger partial charge is 0.335 e. The number of anilines is 1. The first-order chi connectivity index (χ1) is 11.5. The number of aromatic carboxylic acids is 1. The van der Waals surface area contributed by atoms with Gasteiger partial charge in [0.05, 0.1) is 11.8 Å². The van der Waals surface area contributed by atoms with Crippen LogP contribution in [0.5, 0.6) is 5.75 Å². The number of hydrogen-bond acceptors (Lipinski definition) is 5. The number of phenolic OH excluding ortho intramolecular Hbond substituents is 1. The number of para-hydroxylation sites is 1. The van der Waals surface area contributed by atoms with Crippen molar-refractivity contribution in [3.8, 4) is 5.75 Å². The van der Waals surface area contributed by atoms with Crippen LogP contribution in [0.3, 0.4) is 0 Å². The number of nitrogens with zero attached hydrogens (tertiary/aromatic N) is 1. The minimum Gasteiger partial charge on any atom is -0.507 e. The summed E-state index contributed by atoms with van der Waals surface area (Å²) in [5.41, 5.74) is 2.52. The zero-order valence-electron chi connectivity index (χ0n) is 12.3.